The first kappa shape index (κ1) is 8.91. The van der Waals surface area contributed by atoms with Gasteiger partial charge in [-0.25, -0.2) is 0 Å². The fourth-order valence-corrected chi connectivity index (χ4v) is 0.742. The zero-order valence-electron chi connectivity index (χ0n) is 5.17. The topological polar surface area (TPSA) is 63.3 Å². The molecule has 0 aromatic carbocycles. The largest absolute Gasteiger partial charge is 0.480 e. The lowest BCUT2D eigenvalue weighted by Crippen LogP contribution is -2.37. The Morgan fingerprint density at radius 3 is 2.44 bits per heavy atom. The van der Waals surface area contributed by atoms with E-state index in [4.69, 9.17) is 10.8 Å². The van der Waals surface area contributed by atoms with Gasteiger partial charge < -0.3 is 10.8 Å². The molecule has 2 atom stereocenters. The summed E-state index contributed by atoms with van der Waals surface area (Å²) in [4.78, 5) is 10.2. The summed E-state index contributed by atoms with van der Waals surface area (Å²) in [6, 6.07) is -0.746. The summed E-state index contributed by atoms with van der Waals surface area (Å²) in [5.74, 6) is -0.954. The first-order chi connectivity index (χ1) is 4.09. The molecular formula is C5H10BrNO2. The molecule has 0 rings (SSSR count). The smallest absolute Gasteiger partial charge is 0.320 e. The molecule has 3 nitrogen and oxygen atoms in total. The maximum Gasteiger partial charge on any atom is 0.320 e. The Hall–Kier alpha value is -0.0900. The number of hydrogen-bond acceptors (Lipinski definition) is 2. The number of aliphatic carboxylic acids is 1. The normalized spacial score (nSPS) is 16.8. The molecule has 0 aliphatic heterocycles. The second-order valence-electron chi connectivity index (χ2n) is 2.00. The number of nitrogens with two attached hydrogens (primary N) is 1. The van der Waals surface area contributed by atoms with Gasteiger partial charge in [0.1, 0.15) is 6.04 Å². The molecule has 1 unspecified atom stereocenters. The van der Waals surface area contributed by atoms with Crippen molar-refractivity contribution in [2.24, 2.45) is 11.7 Å². The van der Waals surface area contributed by atoms with Gasteiger partial charge in [0.25, 0.3) is 0 Å². The molecule has 54 valence electrons. The number of halogens is 1. The Balaban J connectivity index is 3.72. The molecule has 0 heterocycles. The Bertz CT molecular complexity index is 107. The van der Waals surface area contributed by atoms with Crippen LogP contribution in [0, 0.1) is 5.92 Å². The quantitative estimate of drug-likeness (QED) is 0.643. The summed E-state index contributed by atoms with van der Waals surface area (Å²) in [6.07, 6.45) is 0. The van der Waals surface area contributed by atoms with Crippen molar-refractivity contribution in [1.29, 1.82) is 0 Å². The maximum atomic E-state index is 10.2. The molecule has 3 N–H and O–H groups in total. The lowest BCUT2D eigenvalue weighted by molar-refractivity contribution is -0.139. The van der Waals surface area contributed by atoms with Crippen LogP contribution in [0.5, 0.6) is 0 Å². The van der Waals surface area contributed by atoms with Crippen LogP contribution in [0.15, 0.2) is 0 Å². The summed E-state index contributed by atoms with van der Waals surface area (Å²) in [6.45, 7) is 1.79. The Labute approximate surface area is 62.4 Å². The average Bonchev–Trinajstić information content (AvgIpc) is 1.84. The van der Waals surface area contributed by atoms with Crippen LogP contribution in [0.25, 0.3) is 0 Å². The maximum absolute atomic E-state index is 10.2. The van der Waals surface area contributed by atoms with Gasteiger partial charge in [0.15, 0.2) is 0 Å². The minimum atomic E-state index is -0.943. The van der Waals surface area contributed by atoms with Crippen LogP contribution < -0.4 is 5.73 Å². The molecule has 0 aromatic rings. The highest BCUT2D eigenvalue weighted by Gasteiger charge is 2.17. The average molecular weight is 196 g/mol. The highest BCUT2D eigenvalue weighted by Crippen LogP contribution is 2.03. The van der Waals surface area contributed by atoms with Gasteiger partial charge in [0.2, 0.25) is 0 Å². The summed E-state index contributed by atoms with van der Waals surface area (Å²) in [5, 5.41) is 8.96. The fraction of sp³-hybridized carbons (Fsp3) is 0.800. The van der Waals surface area contributed by atoms with Crippen LogP contribution in [0.2, 0.25) is 0 Å². The van der Waals surface area contributed by atoms with Crippen molar-refractivity contribution < 1.29 is 9.90 Å². The zero-order chi connectivity index (χ0) is 7.44. The first-order valence-corrected chi connectivity index (χ1v) is 3.76. The molecule has 0 aliphatic carbocycles. The molecule has 0 radical (unpaired) electrons. The zero-order valence-corrected chi connectivity index (χ0v) is 6.76. The predicted molar refractivity (Wildman–Crippen MR) is 38.6 cm³/mol. The SMILES string of the molecule is CC(CBr)[C@H](N)C(=O)O. The molecule has 4 heteroatoms. The molecule has 0 amide bonds. The van der Waals surface area contributed by atoms with Crippen LogP contribution in [0.4, 0.5) is 0 Å². The van der Waals surface area contributed by atoms with Gasteiger partial charge in [-0.05, 0) is 5.92 Å². The van der Waals surface area contributed by atoms with E-state index in [1.165, 1.54) is 0 Å². The molecule has 0 aliphatic rings. The Morgan fingerprint density at radius 1 is 1.89 bits per heavy atom. The molecule has 0 saturated carbocycles. The minimum Gasteiger partial charge on any atom is -0.480 e. The third-order valence-electron chi connectivity index (χ3n) is 1.14. The van der Waals surface area contributed by atoms with E-state index in [1.807, 2.05) is 0 Å². The van der Waals surface area contributed by atoms with Crippen molar-refractivity contribution in [2.75, 3.05) is 5.33 Å². The van der Waals surface area contributed by atoms with E-state index in [-0.39, 0.29) is 5.92 Å². The number of carboxylic acids is 1. The Kier molecular flexibility index (Phi) is 3.81. The lowest BCUT2D eigenvalue weighted by atomic mass is 10.1. The standard InChI is InChI=1S/C5H10BrNO2/c1-3(2-6)4(7)5(8)9/h3-4H,2,7H2,1H3,(H,8,9)/t3?,4-/m0/s1. The van der Waals surface area contributed by atoms with Crippen LogP contribution in [0.3, 0.4) is 0 Å². The van der Waals surface area contributed by atoms with Gasteiger partial charge in [-0.1, -0.05) is 22.9 Å². The van der Waals surface area contributed by atoms with Gasteiger partial charge in [-0.2, -0.15) is 0 Å². The van der Waals surface area contributed by atoms with E-state index in [1.54, 1.807) is 6.92 Å². The lowest BCUT2D eigenvalue weighted by Gasteiger charge is -2.11. The number of alkyl halides is 1. The molecule has 0 spiro atoms. The van der Waals surface area contributed by atoms with Crippen LogP contribution in [-0.4, -0.2) is 22.4 Å². The second kappa shape index (κ2) is 3.85. The molecular weight excluding hydrogens is 186 g/mol. The first-order valence-electron chi connectivity index (χ1n) is 2.64. The number of hydrogen-bond donors (Lipinski definition) is 2. The van der Waals surface area contributed by atoms with Crippen LogP contribution >= 0.6 is 15.9 Å². The third-order valence-corrected chi connectivity index (χ3v) is 2.16. The van der Waals surface area contributed by atoms with Crippen LogP contribution in [0.1, 0.15) is 6.92 Å². The highest BCUT2D eigenvalue weighted by molar-refractivity contribution is 9.09. The van der Waals surface area contributed by atoms with Gasteiger partial charge in [-0.15, -0.1) is 0 Å². The van der Waals surface area contributed by atoms with E-state index >= 15 is 0 Å². The van der Waals surface area contributed by atoms with E-state index in [0.717, 1.165) is 0 Å². The molecule has 0 fully saturated rings. The molecule has 9 heavy (non-hydrogen) atoms. The predicted octanol–water partition coefficient (Wildman–Crippen LogP) is 0.429. The van der Waals surface area contributed by atoms with Crippen molar-refractivity contribution in [3.8, 4) is 0 Å². The van der Waals surface area contributed by atoms with E-state index in [0.29, 0.717) is 5.33 Å². The Morgan fingerprint density at radius 2 is 2.33 bits per heavy atom. The molecule has 0 saturated heterocycles. The van der Waals surface area contributed by atoms with Crippen molar-refractivity contribution in [1.82, 2.24) is 0 Å². The van der Waals surface area contributed by atoms with Crippen molar-refractivity contribution in [3.05, 3.63) is 0 Å². The summed E-state index contributed by atoms with van der Waals surface area (Å²) >= 11 is 3.14. The molecule has 0 bridgehead atoms. The monoisotopic (exact) mass is 195 g/mol. The van der Waals surface area contributed by atoms with Gasteiger partial charge in [0, 0.05) is 5.33 Å². The minimum absolute atomic E-state index is 0.0116. The number of rotatable bonds is 3. The number of carbonyl (C=O) groups is 1. The fourth-order valence-electron chi connectivity index (χ4n) is 0.339. The summed E-state index contributed by atoms with van der Waals surface area (Å²) < 4.78 is 0. The second-order valence-corrected chi connectivity index (χ2v) is 2.64. The summed E-state index contributed by atoms with van der Waals surface area (Å²) in [5.41, 5.74) is 5.24. The van der Waals surface area contributed by atoms with E-state index < -0.39 is 12.0 Å². The van der Waals surface area contributed by atoms with Crippen molar-refractivity contribution in [2.45, 2.75) is 13.0 Å². The summed E-state index contributed by atoms with van der Waals surface area (Å²) in [7, 11) is 0. The highest BCUT2D eigenvalue weighted by atomic mass is 79.9. The van der Waals surface area contributed by atoms with Crippen molar-refractivity contribution >= 4 is 21.9 Å². The molecule has 0 aromatic heterocycles. The van der Waals surface area contributed by atoms with Gasteiger partial charge >= 0.3 is 5.97 Å². The van der Waals surface area contributed by atoms with Crippen LogP contribution in [-0.2, 0) is 4.79 Å². The van der Waals surface area contributed by atoms with Gasteiger partial charge in [-0.3, -0.25) is 4.79 Å². The third kappa shape index (κ3) is 2.81. The van der Waals surface area contributed by atoms with Crippen molar-refractivity contribution in [3.63, 3.8) is 0 Å². The van der Waals surface area contributed by atoms with E-state index in [2.05, 4.69) is 15.9 Å². The van der Waals surface area contributed by atoms with Gasteiger partial charge in [0.05, 0.1) is 0 Å². The van der Waals surface area contributed by atoms with E-state index in [9.17, 15) is 4.79 Å². The number of carboxylic acid groups (broad SMARTS) is 1.